The summed E-state index contributed by atoms with van der Waals surface area (Å²) in [5.41, 5.74) is 1.08. The fourth-order valence-corrected chi connectivity index (χ4v) is 2.28. The van der Waals surface area contributed by atoms with Gasteiger partial charge in [-0.1, -0.05) is 18.2 Å². The average molecular weight is 262 g/mol. The molecule has 0 spiro atoms. The first-order valence-corrected chi connectivity index (χ1v) is 6.88. The van der Waals surface area contributed by atoms with Gasteiger partial charge in [0.1, 0.15) is 5.75 Å². The molecule has 4 heteroatoms. The number of hydrogen-bond acceptors (Lipinski definition) is 3. The Labute approximate surface area is 114 Å². The first-order chi connectivity index (χ1) is 9.26. The molecule has 1 N–H and O–H groups in total. The number of nitrogens with one attached hydrogen (secondary N) is 1. The maximum Gasteiger partial charge on any atom is 0.236 e. The number of ether oxygens (including phenoxy) is 1. The maximum atomic E-state index is 12.0. The van der Waals surface area contributed by atoms with Crippen molar-refractivity contribution in [2.45, 2.75) is 32.4 Å². The van der Waals surface area contributed by atoms with Crippen molar-refractivity contribution in [3.63, 3.8) is 0 Å². The van der Waals surface area contributed by atoms with Crippen LogP contribution in [0.2, 0.25) is 0 Å². The van der Waals surface area contributed by atoms with E-state index in [0.717, 1.165) is 30.7 Å². The molecule has 1 aliphatic rings. The van der Waals surface area contributed by atoms with Crippen LogP contribution in [0.1, 0.15) is 25.3 Å². The van der Waals surface area contributed by atoms with Crippen molar-refractivity contribution in [3.05, 3.63) is 29.8 Å². The third-order valence-corrected chi connectivity index (χ3v) is 3.43. The zero-order chi connectivity index (χ0) is 13.7. The highest BCUT2D eigenvalue weighted by Gasteiger charge is 2.30. The first-order valence-electron chi connectivity index (χ1n) is 6.88. The molecule has 104 valence electrons. The number of amides is 1. The molecule has 0 bridgehead atoms. The Hall–Kier alpha value is -1.55. The Balaban J connectivity index is 1.81. The van der Waals surface area contributed by atoms with Crippen molar-refractivity contribution in [3.8, 4) is 5.75 Å². The lowest BCUT2D eigenvalue weighted by atomic mass is 10.2. The second kappa shape index (κ2) is 6.57. The van der Waals surface area contributed by atoms with Crippen LogP contribution in [-0.4, -0.2) is 37.0 Å². The monoisotopic (exact) mass is 262 g/mol. The normalized spacial score (nSPS) is 14.2. The standard InChI is InChI=1S/C15H22N2O2/c1-3-17(13-8-9-13)15(18)11-16-10-12-6-4-5-7-14(12)19-2/h4-7,13,16H,3,8-11H2,1-2H3. The Morgan fingerprint density at radius 2 is 2.16 bits per heavy atom. The molecule has 1 aromatic rings. The van der Waals surface area contributed by atoms with Gasteiger partial charge in [0.25, 0.3) is 0 Å². The van der Waals surface area contributed by atoms with Gasteiger partial charge in [0, 0.05) is 24.7 Å². The zero-order valence-electron chi connectivity index (χ0n) is 11.7. The van der Waals surface area contributed by atoms with Gasteiger partial charge in [-0.3, -0.25) is 4.79 Å². The van der Waals surface area contributed by atoms with Crippen molar-refractivity contribution in [2.24, 2.45) is 0 Å². The zero-order valence-corrected chi connectivity index (χ0v) is 11.7. The van der Waals surface area contributed by atoms with E-state index in [4.69, 9.17) is 4.74 Å². The predicted molar refractivity (Wildman–Crippen MR) is 75.1 cm³/mol. The van der Waals surface area contributed by atoms with Crippen LogP contribution in [0.25, 0.3) is 0 Å². The smallest absolute Gasteiger partial charge is 0.236 e. The summed E-state index contributed by atoms with van der Waals surface area (Å²) in [6, 6.07) is 8.35. The summed E-state index contributed by atoms with van der Waals surface area (Å²) in [7, 11) is 1.66. The van der Waals surface area contributed by atoms with Gasteiger partial charge in [-0.15, -0.1) is 0 Å². The van der Waals surface area contributed by atoms with Crippen LogP contribution in [0.3, 0.4) is 0 Å². The van der Waals surface area contributed by atoms with E-state index in [0.29, 0.717) is 19.1 Å². The van der Waals surface area contributed by atoms with Gasteiger partial charge in [-0.2, -0.15) is 0 Å². The molecular weight excluding hydrogens is 240 g/mol. The van der Waals surface area contributed by atoms with Gasteiger partial charge in [-0.25, -0.2) is 0 Å². The van der Waals surface area contributed by atoms with Crippen molar-refractivity contribution in [1.29, 1.82) is 0 Å². The van der Waals surface area contributed by atoms with E-state index in [1.54, 1.807) is 7.11 Å². The van der Waals surface area contributed by atoms with Gasteiger partial charge >= 0.3 is 0 Å². The number of methoxy groups -OCH3 is 1. The number of rotatable bonds is 7. The molecule has 1 amide bonds. The lowest BCUT2D eigenvalue weighted by molar-refractivity contribution is -0.130. The van der Waals surface area contributed by atoms with Crippen LogP contribution in [-0.2, 0) is 11.3 Å². The number of para-hydroxylation sites is 1. The van der Waals surface area contributed by atoms with Gasteiger partial charge in [0.2, 0.25) is 5.91 Å². The van der Waals surface area contributed by atoms with E-state index < -0.39 is 0 Å². The van der Waals surface area contributed by atoms with Crippen LogP contribution in [0, 0.1) is 0 Å². The minimum absolute atomic E-state index is 0.194. The van der Waals surface area contributed by atoms with Crippen LogP contribution in [0.4, 0.5) is 0 Å². The minimum atomic E-state index is 0.194. The SMILES string of the molecule is CCN(C(=O)CNCc1ccccc1OC)C1CC1. The summed E-state index contributed by atoms with van der Waals surface area (Å²) in [6.45, 7) is 3.89. The molecule has 0 atom stereocenters. The van der Waals surface area contributed by atoms with Gasteiger partial charge in [-0.05, 0) is 25.8 Å². The molecule has 0 aromatic heterocycles. The Kier molecular flexibility index (Phi) is 4.80. The topological polar surface area (TPSA) is 41.6 Å². The number of likely N-dealkylation sites (N-methyl/N-ethyl adjacent to an activating group) is 1. The molecule has 0 saturated heterocycles. The van der Waals surface area contributed by atoms with Crippen LogP contribution >= 0.6 is 0 Å². The maximum absolute atomic E-state index is 12.0. The van der Waals surface area contributed by atoms with Gasteiger partial charge < -0.3 is 15.0 Å². The molecule has 0 heterocycles. The van der Waals surface area contributed by atoms with E-state index in [2.05, 4.69) is 5.32 Å². The number of benzene rings is 1. The molecule has 2 rings (SSSR count). The summed E-state index contributed by atoms with van der Waals surface area (Å²) in [5, 5.41) is 3.20. The Morgan fingerprint density at radius 3 is 2.79 bits per heavy atom. The fraction of sp³-hybridized carbons (Fsp3) is 0.533. The molecule has 19 heavy (non-hydrogen) atoms. The lowest BCUT2D eigenvalue weighted by Gasteiger charge is -2.20. The van der Waals surface area contributed by atoms with Crippen molar-refractivity contribution < 1.29 is 9.53 Å². The van der Waals surface area contributed by atoms with E-state index in [-0.39, 0.29) is 5.91 Å². The first kappa shape index (κ1) is 13.9. The van der Waals surface area contributed by atoms with Crippen LogP contribution < -0.4 is 10.1 Å². The van der Waals surface area contributed by atoms with E-state index >= 15 is 0 Å². The highest BCUT2D eigenvalue weighted by atomic mass is 16.5. The molecular formula is C15H22N2O2. The quantitative estimate of drug-likeness (QED) is 0.814. The summed E-state index contributed by atoms with van der Waals surface area (Å²) >= 11 is 0. The van der Waals surface area contributed by atoms with E-state index in [9.17, 15) is 4.79 Å². The van der Waals surface area contributed by atoms with E-state index in [1.165, 1.54) is 0 Å². The van der Waals surface area contributed by atoms with Crippen LogP contribution in [0.5, 0.6) is 5.75 Å². The third kappa shape index (κ3) is 3.70. The molecule has 0 unspecified atom stereocenters. The third-order valence-electron chi connectivity index (χ3n) is 3.43. The molecule has 1 fully saturated rings. The van der Waals surface area contributed by atoms with Crippen molar-refractivity contribution in [2.75, 3.05) is 20.2 Å². The highest BCUT2D eigenvalue weighted by Crippen LogP contribution is 2.26. The average Bonchev–Trinajstić information content (AvgIpc) is 3.25. The number of carbonyl (C=O) groups is 1. The molecule has 1 aromatic carbocycles. The molecule has 0 aliphatic heterocycles. The lowest BCUT2D eigenvalue weighted by Crippen LogP contribution is -2.39. The summed E-state index contributed by atoms with van der Waals surface area (Å²) in [5.74, 6) is 1.05. The molecule has 4 nitrogen and oxygen atoms in total. The fourth-order valence-electron chi connectivity index (χ4n) is 2.28. The molecule has 1 saturated carbocycles. The van der Waals surface area contributed by atoms with Crippen LogP contribution in [0.15, 0.2) is 24.3 Å². The molecule has 0 radical (unpaired) electrons. The molecule has 1 aliphatic carbocycles. The van der Waals surface area contributed by atoms with Gasteiger partial charge in [0.05, 0.1) is 13.7 Å². The predicted octanol–water partition coefficient (Wildman–Crippen LogP) is 1.80. The Bertz CT molecular complexity index is 430. The number of carbonyl (C=O) groups excluding carboxylic acids is 1. The largest absolute Gasteiger partial charge is 0.496 e. The van der Waals surface area contributed by atoms with Crippen molar-refractivity contribution in [1.82, 2.24) is 10.2 Å². The summed E-state index contributed by atoms with van der Waals surface area (Å²) < 4.78 is 5.28. The Morgan fingerprint density at radius 1 is 1.42 bits per heavy atom. The second-order valence-corrected chi connectivity index (χ2v) is 4.83. The summed E-state index contributed by atoms with van der Waals surface area (Å²) in [6.07, 6.45) is 2.32. The number of nitrogens with zero attached hydrogens (tertiary/aromatic N) is 1. The minimum Gasteiger partial charge on any atom is -0.496 e. The summed E-state index contributed by atoms with van der Waals surface area (Å²) in [4.78, 5) is 14.0. The second-order valence-electron chi connectivity index (χ2n) is 4.83. The number of hydrogen-bond donors (Lipinski definition) is 1. The van der Waals surface area contributed by atoms with Gasteiger partial charge in [0.15, 0.2) is 0 Å². The highest BCUT2D eigenvalue weighted by molar-refractivity contribution is 5.78. The van der Waals surface area contributed by atoms with Crippen molar-refractivity contribution >= 4 is 5.91 Å². The van der Waals surface area contributed by atoms with E-state index in [1.807, 2.05) is 36.1 Å².